The Labute approximate surface area is 215 Å². The normalized spacial score (nSPS) is 10.3. The lowest BCUT2D eigenvalue weighted by molar-refractivity contribution is -0.697. The minimum absolute atomic E-state index is 0. The number of nitrogens with zero attached hydrogens (tertiary/aromatic N) is 1. The molecule has 1 aromatic heterocycles. The number of aromatic nitrogens is 1. The summed E-state index contributed by atoms with van der Waals surface area (Å²) in [5, 5.41) is 0. The third kappa shape index (κ3) is 15.8. The lowest BCUT2D eigenvalue weighted by Crippen LogP contribution is -3.00. The molecule has 1 heterocycles. The summed E-state index contributed by atoms with van der Waals surface area (Å²) in [7, 11) is 0. The van der Waals surface area contributed by atoms with Crippen LogP contribution in [0.25, 0.3) is 0 Å². The van der Waals surface area contributed by atoms with Gasteiger partial charge in [0.15, 0.2) is 12.4 Å². The van der Waals surface area contributed by atoms with Crippen molar-refractivity contribution in [1.82, 2.24) is 0 Å². The fourth-order valence-corrected chi connectivity index (χ4v) is 4.20. The Kier molecular flexibility index (Phi) is 18.7. The molecular weight excluding hydrogens is 466 g/mol. The van der Waals surface area contributed by atoms with Gasteiger partial charge < -0.3 is 17.0 Å². The first-order valence-electron chi connectivity index (χ1n) is 13.4. The second-order valence-electron chi connectivity index (χ2n) is 9.24. The number of rotatable bonds is 17. The zero-order chi connectivity index (χ0) is 22.5. The van der Waals surface area contributed by atoms with E-state index in [0.29, 0.717) is 0 Å². The number of pyridine rings is 1. The Balaban J connectivity index is 0.00000544. The maximum absolute atomic E-state index is 3.25. The molecule has 2 heteroatoms. The number of unbranched alkanes of at least 4 members (excludes halogenated alkanes) is 15. The minimum atomic E-state index is 0. The van der Waals surface area contributed by atoms with Crippen LogP contribution < -0.4 is 21.5 Å². The van der Waals surface area contributed by atoms with Crippen molar-refractivity contribution in [3.05, 3.63) is 66.0 Å². The summed E-state index contributed by atoms with van der Waals surface area (Å²) in [6.45, 7) is 3.41. The average molecular weight is 513 g/mol. The first-order chi connectivity index (χ1) is 15.9. The molecule has 0 radical (unpaired) electrons. The van der Waals surface area contributed by atoms with Crippen LogP contribution in [-0.2, 0) is 6.54 Å². The largest absolute Gasteiger partial charge is 1.00 e. The molecule has 1 nitrogen and oxygen atoms in total. The molecular formula is C31H46BrN. The maximum atomic E-state index is 3.25. The van der Waals surface area contributed by atoms with Crippen LogP contribution in [0.15, 0.2) is 54.9 Å². The van der Waals surface area contributed by atoms with Crippen LogP contribution in [-0.4, -0.2) is 0 Å². The molecule has 0 amide bonds. The fraction of sp³-hybridized carbons (Fsp3) is 0.581. The lowest BCUT2D eigenvalue weighted by atomic mass is 10.0. The molecule has 0 fully saturated rings. The molecule has 0 N–H and O–H groups in total. The smallest absolute Gasteiger partial charge is 0.170 e. The van der Waals surface area contributed by atoms with Gasteiger partial charge in [0.2, 0.25) is 0 Å². The summed E-state index contributed by atoms with van der Waals surface area (Å²) in [4.78, 5) is 0. The van der Waals surface area contributed by atoms with Gasteiger partial charge in [0.05, 0.1) is 0 Å². The summed E-state index contributed by atoms with van der Waals surface area (Å²) in [6.07, 6.45) is 27.1. The summed E-state index contributed by atoms with van der Waals surface area (Å²) >= 11 is 0. The highest BCUT2D eigenvalue weighted by atomic mass is 79.9. The molecule has 2 rings (SSSR count). The van der Waals surface area contributed by atoms with E-state index in [1.807, 2.05) is 30.3 Å². The van der Waals surface area contributed by atoms with Crippen molar-refractivity contribution in [3.8, 4) is 11.8 Å². The second-order valence-corrected chi connectivity index (χ2v) is 9.24. The number of hydrogen-bond acceptors (Lipinski definition) is 0. The number of halogens is 1. The first-order valence-corrected chi connectivity index (χ1v) is 13.4. The topological polar surface area (TPSA) is 3.88 Å². The van der Waals surface area contributed by atoms with Crippen LogP contribution in [0.4, 0.5) is 0 Å². The molecule has 0 bridgehead atoms. The van der Waals surface area contributed by atoms with E-state index < -0.39 is 0 Å². The fourth-order valence-electron chi connectivity index (χ4n) is 4.20. The standard InChI is InChI=1S/C31H46N.BrH/c1-2-3-4-5-6-7-8-9-10-11-12-13-14-15-16-20-27-32-28-25-31(26-29-32)24-23-30-21-18-17-19-22-30;/h17-19,21-22,25-26,28-29H,2-16,20,27H2,1H3;1H/q+1;/p-1. The molecule has 0 aliphatic carbocycles. The predicted molar refractivity (Wildman–Crippen MR) is 139 cm³/mol. The van der Waals surface area contributed by atoms with Crippen LogP contribution in [0.3, 0.4) is 0 Å². The van der Waals surface area contributed by atoms with Crippen molar-refractivity contribution < 1.29 is 21.5 Å². The Morgan fingerprint density at radius 3 is 1.36 bits per heavy atom. The van der Waals surface area contributed by atoms with E-state index in [2.05, 4.69) is 47.9 Å². The van der Waals surface area contributed by atoms with E-state index in [1.165, 1.54) is 103 Å². The molecule has 0 aliphatic rings. The van der Waals surface area contributed by atoms with Gasteiger partial charge in [-0.1, -0.05) is 127 Å². The van der Waals surface area contributed by atoms with E-state index in [-0.39, 0.29) is 17.0 Å². The molecule has 0 spiro atoms. The van der Waals surface area contributed by atoms with Crippen molar-refractivity contribution in [2.75, 3.05) is 0 Å². The van der Waals surface area contributed by atoms with Gasteiger partial charge in [0, 0.05) is 29.7 Å². The van der Waals surface area contributed by atoms with Crippen molar-refractivity contribution in [3.63, 3.8) is 0 Å². The van der Waals surface area contributed by atoms with Gasteiger partial charge in [-0.25, -0.2) is 4.57 Å². The van der Waals surface area contributed by atoms with Crippen LogP contribution in [0.5, 0.6) is 0 Å². The summed E-state index contributed by atoms with van der Waals surface area (Å²) < 4.78 is 2.29. The molecule has 2 aromatic rings. The van der Waals surface area contributed by atoms with Gasteiger partial charge in [-0.3, -0.25) is 0 Å². The lowest BCUT2D eigenvalue weighted by Gasteiger charge is -2.03. The highest BCUT2D eigenvalue weighted by Crippen LogP contribution is 2.13. The van der Waals surface area contributed by atoms with Crippen molar-refractivity contribution >= 4 is 0 Å². The summed E-state index contributed by atoms with van der Waals surface area (Å²) in [6, 6.07) is 14.4. The molecule has 182 valence electrons. The van der Waals surface area contributed by atoms with Crippen LogP contribution in [0.2, 0.25) is 0 Å². The van der Waals surface area contributed by atoms with E-state index >= 15 is 0 Å². The molecule has 0 saturated heterocycles. The Morgan fingerprint density at radius 1 is 0.515 bits per heavy atom. The van der Waals surface area contributed by atoms with Gasteiger partial charge in [-0.05, 0) is 18.6 Å². The first kappa shape index (κ1) is 29.4. The highest BCUT2D eigenvalue weighted by molar-refractivity contribution is 5.41. The average Bonchev–Trinajstić information content (AvgIpc) is 2.84. The quantitative estimate of drug-likeness (QED) is 0.147. The number of aryl methyl sites for hydroxylation is 1. The molecule has 0 unspecified atom stereocenters. The van der Waals surface area contributed by atoms with Crippen molar-refractivity contribution in [2.45, 2.75) is 116 Å². The van der Waals surface area contributed by atoms with Crippen LogP contribution >= 0.6 is 0 Å². The second kappa shape index (κ2) is 21.0. The number of benzene rings is 1. The number of hydrogen-bond donors (Lipinski definition) is 0. The molecule has 0 saturated carbocycles. The van der Waals surface area contributed by atoms with Crippen LogP contribution in [0, 0.1) is 11.8 Å². The Bertz CT molecular complexity index is 742. The van der Waals surface area contributed by atoms with Gasteiger partial charge in [0.1, 0.15) is 6.54 Å². The van der Waals surface area contributed by atoms with Gasteiger partial charge >= 0.3 is 0 Å². The maximum Gasteiger partial charge on any atom is 0.170 e. The van der Waals surface area contributed by atoms with E-state index in [0.717, 1.165) is 17.7 Å². The molecule has 33 heavy (non-hydrogen) atoms. The molecule has 0 atom stereocenters. The van der Waals surface area contributed by atoms with Gasteiger partial charge in [-0.2, -0.15) is 0 Å². The SMILES string of the molecule is CCCCCCCCCCCCCCCCCC[n+]1ccc(C#Cc2ccccc2)cc1.[Br-]. The monoisotopic (exact) mass is 511 g/mol. The van der Waals surface area contributed by atoms with E-state index in [1.54, 1.807) is 0 Å². The highest BCUT2D eigenvalue weighted by Gasteiger charge is 2.00. The van der Waals surface area contributed by atoms with E-state index in [9.17, 15) is 0 Å². The zero-order valence-corrected chi connectivity index (χ0v) is 22.6. The summed E-state index contributed by atoms with van der Waals surface area (Å²) in [5.74, 6) is 6.47. The van der Waals surface area contributed by atoms with Gasteiger partial charge in [0.25, 0.3) is 0 Å². The third-order valence-corrected chi connectivity index (χ3v) is 6.29. The van der Waals surface area contributed by atoms with Crippen molar-refractivity contribution in [1.29, 1.82) is 0 Å². The zero-order valence-electron chi connectivity index (χ0n) is 21.0. The van der Waals surface area contributed by atoms with E-state index in [4.69, 9.17) is 0 Å². The Hall–Kier alpha value is -1.59. The minimum Gasteiger partial charge on any atom is -1.00 e. The summed E-state index contributed by atoms with van der Waals surface area (Å²) in [5.41, 5.74) is 2.15. The Morgan fingerprint density at radius 2 is 0.909 bits per heavy atom. The molecule has 0 aliphatic heterocycles. The van der Waals surface area contributed by atoms with Gasteiger partial charge in [-0.15, -0.1) is 0 Å². The molecule has 1 aromatic carbocycles. The predicted octanol–water partition coefficient (Wildman–Crippen LogP) is 5.64. The third-order valence-electron chi connectivity index (χ3n) is 6.29. The van der Waals surface area contributed by atoms with Crippen molar-refractivity contribution in [2.24, 2.45) is 0 Å². The van der Waals surface area contributed by atoms with Crippen LogP contribution in [0.1, 0.15) is 121 Å².